The van der Waals surface area contributed by atoms with Crippen molar-refractivity contribution in [3.63, 3.8) is 0 Å². The maximum atomic E-state index is 11.6. The van der Waals surface area contributed by atoms with E-state index in [0.717, 1.165) is 10.4 Å². The lowest BCUT2D eigenvalue weighted by Gasteiger charge is -2.07. The van der Waals surface area contributed by atoms with Crippen LogP contribution in [0.3, 0.4) is 0 Å². The zero-order valence-corrected chi connectivity index (χ0v) is 9.04. The molecule has 6 heteroatoms. The SMILES string of the molecule is Cc1ccsc1CNCCOC(F)(F)F. The van der Waals surface area contributed by atoms with E-state index in [-0.39, 0.29) is 13.2 Å². The molecule has 15 heavy (non-hydrogen) atoms. The maximum absolute atomic E-state index is 11.6. The van der Waals surface area contributed by atoms with E-state index in [0.29, 0.717) is 6.54 Å². The molecule has 0 aliphatic carbocycles. The molecule has 2 nitrogen and oxygen atoms in total. The van der Waals surface area contributed by atoms with Crippen molar-refractivity contribution < 1.29 is 17.9 Å². The molecule has 1 rings (SSSR count). The predicted octanol–water partition coefficient (Wildman–Crippen LogP) is 2.68. The summed E-state index contributed by atoms with van der Waals surface area (Å²) >= 11 is 1.59. The van der Waals surface area contributed by atoms with Crippen LogP contribution in [0.5, 0.6) is 0 Å². The molecule has 1 aromatic heterocycles. The maximum Gasteiger partial charge on any atom is 0.522 e. The molecule has 0 radical (unpaired) electrons. The third-order valence-electron chi connectivity index (χ3n) is 1.80. The van der Waals surface area contributed by atoms with Gasteiger partial charge >= 0.3 is 6.36 Å². The molecule has 1 heterocycles. The summed E-state index contributed by atoms with van der Waals surface area (Å²) in [6.07, 6.45) is -4.53. The van der Waals surface area contributed by atoms with Gasteiger partial charge in [-0.1, -0.05) is 0 Å². The van der Waals surface area contributed by atoms with Crippen molar-refractivity contribution in [3.05, 3.63) is 21.9 Å². The van der Waals surface area contributed by atoms with E-state index in [9.17, 15) is 13.2 Å². The van der Waals surface area contributed by atoms with Crippen LogP contribution in [-0.4, -0.2) is 19.5 Å². The lowest BCUT2D eigenvalue weighted by atomic mass is 10.3. The second-order valence-electron chi connectivity index (χ2n) is 3.00. The van der Waals surface area contributed by atoms with Gasteiger partial charge in [-0.05, 0) is 23.9 Å². The Kier molecular flexibility index (Phi) is 4.56. The van der Waals surface area contributed by atoms with Gasteiger partial charge in [-0.25, -0.2) is 0 Å². The number of thiophene rings is 1. The minimum absolute atomic E-state index is 0.191. The van der Waals surface area contributed by atoms with E-state index < -0.39 is 6.36 Å². The van der Waals surface area contributed by atoms with Gasteiger partial charge < -0.3 is 5.32 Å². The van der Waals surface area contributed by atoms with Crippen LogP contribution < -0.4 is 5.32 Å². The Balaban J connectivity index is 2.10. The summed E-state index contributed by atoms with van der Waals surface area (Å²) in [6.45, 7) is 2.40. The average Bonchev–Trinajstić information content (AvgIpc) is 2.49. The molecular formula is C9H12F3NOS. The van der Waals surface area contributed by atoms with Gasteiger partial charge in [0.2, 0.25) is 0 Å². The fourth-order valence-corrected chi connectivity index (χ4v) is 1.90. The van der Waals surface area contributed by atoms with Crippen LogP contribution in [0.4, 0.5) is 13.2 Å². The molecule has 0 fully saturated rings. The van der Waals surface area contributed by atoms with Gasteiger partial charge in [-0.15, -0.1) is 24.5 Å². The quantitative estimate of drug-likeness (QED) is 0.798. The number of rotatable bonds is 5. The van der Waals surface area contributed by atoms with Crippen LogP contribution in [0.1, 0.15) is 10.4 Å². The number of alkyl halides is 3. The summed E-state index contributed by atoms with van der Waals surface area (Å²) in [5.41, 5.74) is 1.16. The Labute approximate surface area is 90.1 Å². The van der Waals surface area contributed by atoms with Crippen LogP contribution in [-0.2, 0) is 11.3 Å². The third kappa shape index (κ3) is 5.15. The summed E-state index contributed by atoms with van der Waals surface area (Å²) in [7, 11) is 0. The molecule has 1 N–H and O–H groups in total. The molecule has 86 valence electrons. The number of halogens is 3. The van der Waals surface area contributed by atoms with Gasteiger partial charge in [-0.2, -0.15) is 0 Å². The van der Waals surface area contributed by atoms with E-state index in [1.807, 2.05) is 18.4 Å². The molecule has 0 spiro atoms. The number of nitrogens with one attached hydrogen (secondary N) is 1. The zero-order chi connectivity index (χ0) is 11.3. The lowest BCUT2D eigenvalue weighted by Crippen LogP contribution is -2.23. The van der Waals surface area contributed by atoms with Gasteiger partial charge in [-0.3, -0.25) is 4.74 Å². The molecule has 0 saturated carbocycles. The number of hydrogen-bond donors (Lipinski definition) is 1. The molecule has 0 atom stereocenters. The molecule has 0 unspecified atom stereocenters. The van der Waals surface area contributed by atoms with Gasteiger partial charge in [0.05, 0.1) is 6.61 Å². The number of aryl methyl sites for hydroxylation is 1. The number of hydrogen-bond acceptors (Lipinski definition) is 3. The second kappa shape index (κ2) is 5.48. The Morgan fingerprint density at radius 2 is 2.20 bits per heavy atom. The van der Waals surface area contributed by atoms with E-state index in [4.69, 9.17) is 0 Å². The molecule has 0 aliphatic heterocycles. The van der Waals surface area contributed by atoms with Crippen molar-refractivity contribution in [2.24, 2.45) is 0 Å². The predicted molar refractivity (Wildman–Crippen MR) is 52.8 cm³/mol. The molecular weight excluding hydrogens is 227 g/mol. The molecule has 0 bridgehead atoms. The largest absolute Gasteiger partial charge is 0.522 e. The van der Waals surface area contributed by atoms with Crippen molar-refractivity contribution in [1.29, 1.82) is 0 Å². The van der Waals surface area contributed by atoms with Gasteiger partial charge in [0.1, 0.15) is 0 Å². The molecule has 0 amide bonds. The summed E-state index contributed by atoms with van der Waals surface area (Å²) < 4.78 is 38.3. The minimum Gasteiger partial charge on any atom is -0.310 e. The Morgan fingerprint density at radius 3 is 2.73 bits per heavy atom. The summed E-state index contributed by atoms with van der Waals surface area (Å²) in [5.74, 6) is 0. The van der Waals surface area contributed by atoms with Crippen LogP contribution in [0.15, 0.2) is 11.4 Å². The first-order valence-electron chi connectivity index (χ1n) is 4.43. The summed E-state index contributed by atoms with van der Waals surface area (Å²) in [5, 5.41) is 4.84. The van der Waals surface area contributed by atoms with Crippen molar-refractivity contribution in [1.82, 2.24) is 5.32 Å². The van der Waals surface area contributed by atoms with E-state index in [1.54, 1.807) is 11.3 Å². The highest BCUT2D eigenvalue weighted by atomic mass is 32.1. The second-order valence-corrected chi connectivity index (χ2v) is 4.00. The highest BCUT2D eigenvalue weighted by Gasteiger charge is 2.28. The van der Waals surface area contributed by atoms with Crippen molar-refractivity contribution >= 4 is 11.3 Å². The van der Waals surface area contributed by atoms with Crippen LogP contribution in [0.25, 0.3) is 0 Å². The van der Waals surface area contributed by atoms with Crippen molar-refractivity contribution in [2.75, 3.05) is 13.2 Å². The molecule has 0 aliphatic rings. The van der Waals surface area contributed by atoms with Crippen LogP contribution in [0, 0.1) is 6.92 Å². The highest BCUT2D eigenvalue weighted by Crippen LogP contribution is 2.16. The fourth-order valence-electron chi connectivity index (χ4n) is 1.03. The first-order valence-corrected chi connectivity index (χ1v) is 5.31. The normalized spacial score (nSPS) is 12.0. The molecule has 1 aromatic rings. The monoisotopic (exact) mass is 239 g/mol. The topological polar surface area (TPSA) is 21.3 Å². The summed E-state index contributed by atoms with van der Waals surface area (Å²) in [4.78, 5) is 1.14. The first kappa shape index (κ1) is 12.5. The van der Waals surface area contributed by atoms with E-state index in [2.05, 4.69) is 10.1 Å². The fraction of sp³-hybridized carbons (Fsp3) is 0.556. The lowest BCUT2D eigenvalue weighted by molar-refractivity contribution is -0.323. The molecule has 0 saturated heterocycles. The van der Waals surface area contributed by atoms with E-state index >= 15 is 0 Å². The Morgan fingerprint density at radius 1 is 1.47 bits per heavy atom. The van der Waals surface area contributed by atoms with Crippen molar-refractivity contribution in [3.8, 4) is 0 Å². The minimum atomic E-state index is -4.53. The van der Waals surface area contributed by atoms with Crippen LogP contribution in [0.2, 0.25) is 0 Å². The Bertz CT molecular complexity index is 298. The van der Waals surface area contributed by atoms with Gasteiger partial charge in [0.25, 0.3) is 0 Å². The van der Waals surface area contributed by atoms with Gasteiger partial charge in [0.15, 0.2) is 0 Å². The highest BCUT2D eigenvalue weighted by molar-refractivity contribution is 7.10. The third-order valence-corrected chi connectivity index (χ3v) is 2.82. The smallest absolute Gasteiger partial charge is 0.310 e. The van der Waals surface area contributed by atoms with Crippen molar-refractivity contribution in [2.45, 2.75) is 19.8 Å². The van der Waals surface area contributed by atoms with E-state index in [1.165, 1.54) is 0 Å². The summed E-state index contributed by atoms with van der Waals surface area (Å²) in [6, 6.07) is 1.98. The van der Waals surface area contributed by atoms with Crippen LogP contribution >= 0.6 is 11.3 Å². The number of ether oxygens (including phenoxy) is 1. The zero-order valence-electron chi connectivity index (χ0n) is 8.23. The first-order chi connectivity index (χ1) is 6.99. The van der Waals surface area contributed by atoms with Gasteiger partial charge in [0, 0.05) is 18.0 Å². The average molecular weight is 239 g/mol. The Hall–Kier alpha value is -0.590. The standard InChI is InChI=1S/C9H12F3NOS/c1-7-2-5-15-8(7)6-13-3-4-14-9(10,11)12/h2,5,13H,3-4,6H2,1H3. The molecule has 0 aromatic carbocycles.